The van der Waals surface area contributed by atoms with E-state index in [1.807, 2.05) is 25.1 Å². The quantitative estimate of drug-likeness (QED) is 0.0620. The molecule has 4 bridgehead atoms. The van der Waals surface area contributed by atoms with Crippen LogP contribution in [0.25, 0.3) is 20.7 Å². The molecule has 0 unspecified atom stereocenters. The van der Waals surface area contributed by atoms with Crippen molar-refractivity contribution in [1.29, 1.82) is 0 Å². The summed E-state index contributed by atoms with van der Waals surface area (Å²) in [6, 6.07) is 11.6. The number of ether oxygens (including phenoxy) is 2. The van der Waals surface area contributed by atoms with Gasteiger partial charge in [-0.05, 0) is 119 Å². The van der Waals surface area contributed by atoms with Crippen LogP contribution in [0.15, 0.2) is 41.5 Å². The van der Waals surface area contributed by atoms with Crippen molar-refractivity contribution in [1.82, 2.24) is 29.5 Å². The summed E-state index contributed by atoms with van der Waals surface area (Å²) in [5, 5.41) is 15.1. The summed E-state index contributed by atoms with van der Waals surface area (Å²) in [5.41, 5.74) is 4.86. The molecule has 0 N–H and O–H groups in total. The number of hydrogen-bond donors (Lipinski definition) is 0. The molecular weight excluding hydrogens is 757 g/mol. The molecule has 5 fully saturated rings. The molecule has 10 rings (SSSR count). The molecule has 5 aliphatic carbocycles. The summed E-state index contributed by atoms with van der Waals surface area (Å²) in [5.74, 6) is 3.90. The molecule has 5 aliphatic rings. The number of para-hydroxylation sites is 1. The second-order valence-corrected chi connectivity index (χ2v) is 25.8. The molecule has 0 atom stereocenters. The maximum absolute atomic E-state index is 13.4. The van der Waals surface area contributed by atoms with Crippen molar-refractivity contribution in [3.8, 4) is 10.4 Å². The van der Waals surface area contributed by atoms with Crippen molar-refractivity contribution in [3.63, 3.8) is 0 Å². The molecule has 56 heavy (non-hydrogen) atoms. The minimum atomic E-state index is -1.21. The highest BCUT2D eigenvalue weighted by molar-refractivity contribution is 7.19. The molecule has 5 saturated carbocycles. The van der Waals surface area contributed by atoms with E-state index in [1.165, 1.54) is 49.9 Å². The lowest BCUT2D eigenvalue weighted by Gasteiger charge is -2.56. The van der Waals surface area contributed by atoms with Gasteiger partial charge in [0.25, 0.3) is 0 Å². The van der Waals surface area contributed by atoms with Crippen LogP contribution in [0.3, 0.4) is 0 Å². The zero-order valence-corrected chi connectivity index (χ0v) is 36.2. The van der Waals surface area contributed by atoms with Gasteiger partial charge in [-0.3, -0.25) is 9.25 Å². The van der Waals surface area contributed by atoms with Gasteiger partial charge in [0, 0.05) is 45.1 Å². The number of rotatable bonds is 14. The van der Waals surface area contributed by atoms with Gasteiger partial charge in [0.15, 0.2) is 27.3 Å². The Balaban J connectivity index is 1.02. The van der Waals surface area contributed by atoms with E-state index in [9.17, 15) is 4.79 Å². The van der Waals surface area contributed by atoms with Crippen LogP contribution >= 0.6 is 22.7 Å². The predicted molar refractivity (Wildman–Crippen MR) is 226 cm³/mol. The third-order valence-electron chi connectivity index (χ3n) is 12.5. The zero-order chi connectivity index (χ0) is 38.8. The van der Waals surface area contributed by atoms with E-state index in [1.54, 1.807) is 11.3 Å². The molecule has 11 nitrogen and oxygen atoms in total. The maximum Gasteiger partial charge on any atom is 0.358 e. The van der Waals surface area contributed by atoms with Gasteiger partial charge in [0.1, 0.15) is 6.73 Å². The minimum absolute atomic E-state index is 0.275. The Kier molecular flexibility index (Phi) is 10.1. The Morgan fingerprint density at radius 1 is 1.05 bits per heavy atom. The van der Waals surface area contributed by atoms with E-state index in [2.05, 4.69) is 66.1 Å². The topological polar surface area (TPSA) is 113 Å². The van der Waals surface area contributed by atoms with Gasteiger partial charge in [0.05, 0.1) is 27.9 Å². The highest BCUT2D eigenvalue weighted by Gasteiger charge is 2.51. The number of esters is 1. The first kappa shape index (κ1) is 37.8. The Morgan fingerprint density at radius 2 is 1.79 bits per heavy atom. The van der Waals surface area contributed by atoms with Crippen molar-refractivity contribution >= 4 is 63.7 Å². The normalized spacial score (nSPS) is 23.4. The fourth-order valence-corrected chi connectivity index (χ4v) is 12.8. The lowest BCUT2D eigenvalue weighted by molar-refractivity contribution is -0.0638. The van der Waals surface area contributed by atoms with E-state index in [0.717, 1.165) is 86.5 Å². The summed E-state index contributed by atoms with van der Waals surface area (Å²) in [6.07, 6.45) is 12.3. The number of carbonyl (C=O) groups excluding carboxylic acids is 1. The van der Waals surface area contributed by atoms with Gasteiger partial charge in [-0.1, -0.05) is 54.4 Å². The van der Waals surface area contributed by atoms with Gasteiger partial charge in [-0.2, -0.15) is 10.1 Å². The van der Waals surface area contributed by atoms with Crippen LogP contribution in [0, 0.1) is 30.1 Å². The average Bonchev–Trinajstić information content (AvgIpc) is 3.67. The first-order chi connectivity index (χ1) is 27.0. The SMILES string of the molecule is CCOC(=O)c1nc(N(C)c2cc(C3CC3)c(N=c3sc4ccccc4n3COCC[Si](C)(C)C)nn2)sc1-c1cnn(CC23CC4CC(CC(C4)C2)C3)c1C. The van der Waals surface area contributed by atoms with Gasteiger partial charge in [-0.15, -0.1) is 10.2 Å². The van der Waals surface area contributed by atoms with Crippen molar-refractivity contribution < 1.29 is 14.3 Å². The molecule has 296 valence electrons. The average molecular weight is 811 g/mol. The van der Waals surface area contributed by atoms with Gasteiger partial charge < -0.3 is 14.4 Å². The third-order valence-corrected chi connectivity index (χ3v) is 16.5. The summed E-state index contributed by atoms with van der Waals surface area (Å²) in [6.45, 7) is 13.5. The van der Waals surface area contributed by atoms with Crippen LogP contribution in [0.5, 0.6) is 0 Å². The van der Waals surface area contributed by atoms with Gasteiger partial charge in [-0.25, -0.2) is 9.78 Å². The first-order valence-electron chi connectivity index (χ1n) is 20.5. The highest BCUT2D eigenvalue weighted by Crippen LogP contribution is 2.60. The van der Waals surface area contributed by atoms with Crippen molar-refractivity contribution in [3.05, 3.63) is 58.3 Å². The van der Waals surface area contributed by atoms with E-state index in [4.69, 9.17) is 34.7 Å². The fourth-order valence-electron chi connectivity index (χ4n) is 9.89. The molecule has 0 amide bonds. The molecule has 4 heterocycles. The molecule has 0 aliphatic heterocycles. The molecule has 14 heteroatoms. The van der Waals surface area contributed by atoms with Crippen molar-refractivity contribution in [2.24, 2.45) is 28.2 Å². The Labute approximate surface area is 338 Å². The Hall–Kier alpha value is -3.72. The molecule has 0 spiro atoms. The van der Waals surface area contributed by atoms with Crippen LogP contribution in [-0.2, 0) is 22.7 Å². The number of aromatic nitrogens is 6. The minimum Gasteiger partial charge on any atom is -0.461 e. The lowest BCUT2D eigenvalue weighted by Crippen LogP contribution is -2.48. The number of fused-ring (bicyclic) bond motifs is 1. The van der Waals surface area contributed by atoms with E-state index in [-0.39, 0.29) is 6.61 Å². The number of anilines is 2. The number of benzene rings is 1. The summed E-state index contributed by atoms with van der Waals surface area (Å²) in [7, 11) is 0.730. The van der Waals surface area contributed by atoms with E-state index < -0.39 is 14.0 Å². The van der Waals surface area contributed by atoms with Crippen LogP contribution in [0.1, 0.15) is 86.0 Å². The highest BCUT2D eigenvalue weighted by atomic mass is 32.1. The van der Waals surface area contributed by atoms with Gasteiger partial charge in [0.2, 0.25) is 0 Å². The zero-order valence-electron chi connectivity index (χ0n) is 33.6. The molecule has 0 radical (unpaired) electrons. The Morgan fingerprint density at radius 3 is 2.48 bits per heavy atom. The number of hydrogen-bond acceptors (Lipinski definition) is 11. The second-order valence-electron chi connectivity index (χ2n) is 18.2. The molecule has 1 aromatic carbocycles. The molecule has 0 saturated heterocycles. The third kappa shape index (κ3) is 7.54. The number of nitrogens with zero attached hydrogens (tertiary/aromatic N) is 8. The van der Waals surface area contributed by atoms with Crippen molar-refractivity contribution in [2.45, 2.75) is 110 Å². The standard InChI is InChI=1S/C42H54N8O3S2Si/c1-7-53-39(51)36-37(32-23-43-50(26(32)2)24-42-20-27-16-28(21-42)18-29(17-27)22-42)55-40(44-36)48(3)35-19-31(30-12-13-30)38(47-46-35)45-41-49(25-52-14-15-56(4,5)6)33-10-8-9-11-34(33)54-41/h8-11,19,23,27-30H,7,12-18,20-22,24-25H2,1-6H3. The lowest BCUT2D eigenvalue weighted by atomic mass is 9.49. The second kappa shape index (κ2) is 14.9. The summed E-state index contributed by atoms with van der Waals surface area (Å²) in [4.78, 5) is 27.1. The first-order valence-corrected chi connectivity index (χ1v) is 25.8. The fraction of sp³-hybridized carbons (Fsp3) is 0.571. The monoisotopic (exact) mass is 810 g/mol. The summed E-state index contributed by atoms with van der Waals surface area (Å²) >= 11 is 3.12. The molecule has 4 aromatic heterocycles. The molecule has 5 aromatic rings. The number of thiazole rings is 2. The largest absolute Gasteiger partial charge is 0.461 e. The van der Waals surface area contributed by atoms with E-state index >= 15 is 0 Å². The smallest absolute Gasteiger partial charge is 0.358 e. The summed E-state index contributed by atoms with van der Waals surface area (Å²) < 4.78 is 17.3. The van der Waals surface area contributed by atoms with Crippen LogP contribution in [-0.4, -0.2) is 63.8 Å². The predicted octanol–water partition coefficient (Wildman–Crippen LogP) is 9.70. The maximum atomic E-state index is 13.4. The Bertz CT molecular complexity index is 2300. The van der Waals surface area contributed by atoms with Gasteiger partial charge >= 0.3 is 5.97 Å². The van der Waals surface area contributed by atoms with E-state index in [0.29, 0.717) is 40.5 Å². The van der Waals surface area contributed by atoms with Crippen LogP contribution in [0.4, 0.5) is 16.8 Å². The van der Waals surface area contributed by atoms with Crippen molar-refractivity contribution in [2.75, 3.05) is 25.2 Å². The van der Waals surface area contributed by atoms with Crippen LogP contribution < -0.4 is 9.70 Å². The number of carbonyl (C=O) groups is 1. The van der Waals surface area contributed by atoms with Crippen LogP contribution in [0.2, 0.25) is 25.7 Å². The molecular formula is C42H54N8O3S2Si.